The second-order valence-corrected chi connectivity index (χ2v) is 3.52. The minimum atomic E-state index is -0.489. The summed E-state index contributed by atoms with van der Waals surface area (Å²) in [5, 5.41) is 0. The molecule has 0 unspecified atom stereocenters. The van der Waals surface area contributed by atoms with Crippen LogP contribution in [0.4, 0.5) is 0 Å². The van der Waals surface area contributed by atoms with Gasteiger partial charge >= 0.3 is 0 Å². The molecule has 17 heavy (non-hydrogen) atoms. The van der Waals surface area contributed by atoms with Crippen LogP contribution in [0.25, 0.3) is 0 Å². The Kier molecular flexibility index (Phi) is 3.35. The van der Waals surface area contributed by atoms with Crippen molar-refractivity contribution in [1.29, 1.82) is 0 Å². The van der Waals surface area contributed by atoms with Crippen molar-refractivity contribution in [3.05, 3.63) is 59.8 Å². The number of aromatic nitrogens is 1. The topological polar surface area (TPSA) is 65.2 Å². The monoisotopic (exact) mass is 228 g/mol. The van der Waals surface area contributed by atoms with Gasteiger partial charge in [-0.25, -0.2) is 4.98 Å². The zero-order chi connectivity index (χ0) is 12.1. The van der Waals surface area contributed by atoms with Crippen LogP contribution in [0.3, 0.4) is 0 Å². The van der Waals surface area contributed by atoms with E-state index >= 15 is 0 Å². The van der Waals surface area contributed by atoms with Crippen LogP contribution in [0.5, 0.6) is 5.88 Å². The van der Waals surface area contributed by atoms with Crippen LogP contribution in [-0.2, 0) is 6.61 Å². The predicted molar refractivity (Wildman–Crippen MR) is 63.5 cm³/mol. The first-order valence-corrected chi connectivity index (χ1v) is 5.18. The van der Waals surface area contributed by atoms with Crippen molar-refractivity contribution in [2.45, 2.75) is 6.61 Å². The zero-order valence-corrected chi connectivity index (χ0v) is 9.17. The molecule has 4 nitrogen and oxygen atoms in total. The predicted octanol–water partition coefficient (Wildman–Crippen LogP) is 1.76. The lowest BCUT2D eigenvalue weighted by Crippen LogP contribution is -2.11. The number of benzene rings is 1. The van der Waals surface area contributed by atoms with Crippen molar-refractivity contribution in [2.75, 3.05) is 0 Å². The Morgan fingerprint density at radius 2 is 2.00 bits per heavy atom. The van der Waals surface area contributed by atoms with E-state index in [2.05, 4.69) is 4.98 Å². The van der Waals surface area contributed by atoms with Crippen molar-refractivity contribution < 1.29 is 9.53 Å². The van der Waals surface area contributed by atoms with Gasteiger partial charge in [0.1, 0.15) is 6.61 Å². The highest BCUT2D eigenvalue weighted by Crippen LogP contribution is 2.11. The maximum atomic E-state index is 11.0. The van der Waals surface area contributed by atoms with Crippen LogP contribution in [0, 0.1) is 0 Å². The van der Waals surface area contributed by atoms with Crippen LogP contribution in [0.15, 0.2) is 48.7 Å². The molecular weight excluding hydrogens is 216 g/mol. The summed E-state index contributed by atoms with van der Waals surface area (Å²) in [6.45, 7) is 0.413. The number of nitrogens with zero attached hydrogens (tertiary/aromatic N) is 1. The third-order valence-electron chi connectivity index (χ3n) is 2.25. The molecule has 0 aliphatic heterocycles. The van der Waals surface area contributed by atoms with E-state index in [4.69, 9.17) is 10.5 Å². The standard InChI is InChI=1S/C13H12N2O2/c14-13(16)11-6-7-15-12(8-11)17-9-10-4-2-1-3-5-10/h1-8H,9H2,(H2,14,16). The minimum absolute atomic E-state index is 0.392. The molecule has 1 heterocycles. The minimum Gasteiger partial charge on any atom is -0.473 e. The number of carbonyl (C=O) groups is 1. The summed E-state index contributed by atoms with van der Waals surface area (Å²) in [5.74, 6) is -0.0953. The maximum Gasteiger partial charge on any atom is 0.248 e. The molecular formula is C13H12N2O2. The Hall–Kier alpha value is -2.36. The van der Waals surface area contributed by atoms with Gasteiger partial charge in [0.15, 0.2) is 0 Å². The molecule has 0 aliphatic rings. The molecule has 1 amide bonds. The SMILES string of the molecule is NC(=O)c1ccnc(OCc2ccccc2)c1. The van der Waals surface area contributed by atoms with Crippen LogP contribution >= 0.6 is 0 Å². The normalized spacial score (nSPS) is 9.88. The van der Waals surface area contributed by atoms with E-state index in [1.807, 2.05) is 30.3 Å². The van der Waals surface area contributed by atoms with E-state index in [-0.39, 0.29) is 0 Å². The fraction of sp³-hybridized carbons (Fsp3) is 0.0769. The quantitative estimate of drug-likeness (QED) is 0.867. The van der Waals surface area contributed by atoms with Crippen molar-refractivity contribution in [2.24, 2.45) is 5.73 Å². The van der Waals surface area contributed by atoms with Gasteiger partial charge in [-0.1, -0.05) is 30.3 Å². The van der Waals surface area contributed by atoms with Gasteiger partial charge in [0.25, 0.3) is 0 Å². The molecule has 1 aromatic carbocycles. The van der Waals surface area contributed by atoms with Crippen molar-refractivity contribution >= 4 is 5.91 Å². The number of primary amides is 1. The van der Waals surface area contributed by atoms with Crippen molar-refractivity contribution in [3.8, 4) is 5.88 Å². The molecule has 0 aliphatic carbocycles. The number of hydrogen-bond acceptors (Lipinski definition) is 3. The molecule has 0 bridgehead atoms. The van der Waals surface area contributed by atoms with Gasteiger partial charge in [0.2, 0.25) is 11.8 Å². The third-order valence-corrected chi connectivity index (χ3v) is 2.25. The van der Waals surface area contributed by atoms with Gasteiger partial charge < -0.3 is 10.5 Å². The first-order valence-electron chi connectivity index (χ1n) is 5.18. The van der Waals surface area contributed by atoms with Crippen LogP contribution in [0.2, 0.25) is 0 Å². The number of carbonyl (C=O) groups excluding carboxylic acids is 1. The molecule has 4 heteroatoms. The summed E-state index contributed by atoms with van der Waals surface area (Å²) in [5.41, 5.74) is 6.60. The first-order chi connectivity index (χ1) is 8.25. The molecule has 0 atom stereocenters. The molecule has 0 fully saturated rings. The molecule has 2 N–H and O–H groups in total. The average molecular weight is 228 g/mol. The number of pyridine rings is 1. The highest BCUT2D eigenvalue weighted by Gasteiger charge is 2.03. The van der Waals surface area contributed by atoms with Gasteiger partial charge in [-0.05, 0) is 11.6 Å². The lowest BCUT2D eigenvalue weighted by Gasteiger charge is -2.05. The zero-order valence-electron chi connectivity index (χ0n) is 9.17. The van der Waals surface area contributed by atoms with Crippen molar-refractivity contribution in [3.63, 3.8) is 0 Å². The highest BCUT2D eigenvalue weighted by molar-refractivity contribution is 5.92. The van der Waals surface area contributed by atoms with Crippen molar-refractivity contribution in [1.82, 2.24) is 4.98 Å². The van der Waals surface area contributed by atoms with Gasteiger partial charge in [0.05, 0.1) is 0 Å². The second-order valence-electron chi connectivity index (χ2n) is 3.52. The van der Waals surface area contributed by atoms with E-state index in [9.17, 15) is 4.79 Å². The van der Waals surface area contributed by atoms with Gasteiger partial charge in [0, 0.05) is 17.8 Å². The largest absolute Gasteiger partial charge is 0.473 e. The summed E-state index contributed by atoms with van der Waals surface area (Å²) in [6.07, 6.45) is 1.50. The van der Waals surface area contributed by atoms with Gasteiger partial charge in [-0.15, -0.1) is 0 Å². The Labute approximate surface area is 99.1 Å². The molecule has 0 spiro atoms. The number of ether oxygens (including phenoxy) is 1. The van der Waals surface area contributed by atoms with E-state index in [0.717, 1.165) is 5.56 Å². The number of hydrogen-bond donors (Lipinski definition) is 1. The molecule has 0 radical (unpaired) electrons. The Balaban J connectivity index is 2.04. The fourth-order valence-electron chi connectivity index (χ4n) is 1.37. The summed E-state index contributed by atoms with van der Waals surface area (Å²) in [7, 11) is 0. The number of nitrogens with two attached hydrogens (primary N) is 1. The summed E-state index contributed by atoms with van der Waals surface area (Å²) < 4.78 is 5.46. The Bertz CT molecular complexity index is 512. The molecule has 0 saturated carbocycles. The van der Waals surface area contributed by atoms with Gasteiger partial charge in [-0.2, -0.15) is 0 Å². The molecule has 86 valence electrons. The summed E-state index contributed by atoms with van der Waals surface area (Å²) >= 11 is 0. The van der Waals surface area contributed by atoms with Gasteiger partial charge in [-0.3, -0.25) is 4.79 Å². The fourth-order valence-corrected chi connectivity index (χ4v) is 1.37. The number of amides is 1. The van der Waals surface area contributed by atoms with Crippen LogP contribution in [0.1, 0.15) is 15.9 Å². The maximum absolute atomic E-state index is 11.0. The molecule has 0 saturated heterocycles. The Morgan fingerprint density at radius 1 is 1.24 bits per heavy atom. The second kappa shape index (κ2) is 5.12. The first kappa shape index (κ1) is 11.1. The van der Waals surface area contributed by atoms with E-state index < -0.39 is 5.91 Å². The smallest absolute Gasteiger partial charge is 0.248 e. The lowest BCUT2D eigenvalue weighted by atomic mass is 10.2. The molecule has 2 aromatic rings. The average Bonchev–Trinajstić information content (AvgIpc) is 2.38. The van der Waals surface area contributed by atoms with E-state index in [1.54, 1.807) is 6.07 Å². The molecule has 1 aromatic heterocycles. The molecule has 2 rings (SSSR count). The highest BCUT2D eigenvalue weighted by atomic mass is 16.5. The third kappa shape index (κ3) is 3.04. The van der Waals surface area contributed by atoms with Crippen LogP contribution in [-0.4, -0.2) is 10.9 Å². The Morgan fingerprint density at radius 3 is 2.71 bits per heavy atom. The van der Waals surface area contributed by atoms with E-state index in [1.165, 1.54) is 12.3 Å². The summed E-state index contributed by atoms with van der Waals surface area (Å²) in [6, 6.07) is 12.8. The number of rotatable bonds is 4. The van der Waals surface area contributed by atoms with Crippen LogP contribution < -0.4 is 10.5 Å². The summed E-state index contributed by atoms with van der Waals surface area (Å²) in [4.78, 5) is 15.0. The lowest BCUT2D eigenvalue weighted by molar-refractivity contribution is 0.0999. The van der Waals surface area contributed by atoms with E-state index in [0.29, 0.717) is 18.1 Å².